The maximum atomic E-state index is 13.4. The van der Waals surface area contributed by atoms with Gasteiger partial charge in [0, 0.05) is 17.5 Å². The van der Waals surface area contributed by atoms with Crippen molar-refractivity contribution in [3.8, 4) is 0 Å². The number of carbonyl (C=O) groups is 1. The van der Waals surface area contributed by atoms with Gasteiger partial charge < -0.3 is 15.8 Å². The smallest absolute Gasteiger partial charge is 0.408 e. The largest absolute Gasteiger partial charge is 0.444 e. The normalized spacial score (nSPS) is 24.0. The van der Waals surface area contributed by atoms with Gasteiger partial charge in [-0.3, -0.25) is 0 Å². The van der Waals surface area contributed by atoms with Crippen LogP contribution in [0.3, 0.4) is 0 Å². The van der Waals surface area contributed by atoms with Gasteiger partial charge in [0.15, 0.2) is 9.84 Å². The van der Waals surface area contributed by atoms with Gasteiger partial charge in [-0.2, -0.15) is 0 Å². The van der Waals surface area contributed by atoms with E-state index >= 15 is 0 Å². The van der Waals surface area contributed by atoms with E-state index in [0.29, 0.717) is 10.6 Å². The lowest BCUT2D eigenvalue weighted by Gasteiger charge is -2.24. The Bertz CT molecular complexity index is 1000. The zero-order chi connectivity index (χ0) is 21.4. The number of hydrogen-bond donors (Lipinski definition) is 2. The molecule has 1 aliphatic carbocycles. The first-order valence-electron chi connectivity index (χ1n) is 9.27. The van der Waals surface area contributed by atoms with Gasteiger partial charge in [-0.15, -0.1) is 0 Å². The molecule has 0 aromatic heterocycles. The first kappa shape index (κ1) is 21.6. The summed E-state index contributed by atoms with van der Waals surface area (Å²) in [6, 6.07) is 15.1. The molecule has 1 fully saturated rings. The highest BCUT2D eigenvalue weighted by Crippen LogP contribution is 2.57. The number of nitrogens with two attached hydrogens (primary N) is 1. The van der Waals surface area contributed by atoms with E-state index in [4.69, 9.17) is 22.1 Å². The molecule has 1 saturated carbocycles. The minimum Gasteiger partial charge on any atom is -0.444 e. The second-order valence-electron chi connectivity index (χ2n) is 8.18. The molecule has 0 aliphatic heterocycles. The van der Waals surface area contributed by atoms with Crippen LogP contribution in [0.5, 0.6) is 0 Å². The molecule has 2 aromatic carbocycles. The van der Waals surface area contributed by atoms with Crippen molar-refractivity contribution < 1.29 is 17.9 Å². The standard InChI is InChI=1S/C21H25ClN2O4S/c1-20(2,3)28-19(25)24-21(13-23)17(14-8-7-9-15(22)12-14)18(21)29(26,27)16-10-5-4-6-11-16/h4-12,17-18H,13,23H2,1-3H3,(H,24,25)/t17-,18+,21+/m1/s1. The van der Waals surface area contributed by atoms with E-state index in [1.165, 1.54) is 12.1 Å². The van der Waals surface area contributed by atoms with Crippen molar-refractivity contribution in [1.82, 2.24) is 5.32 Å². The maximum absolute atomic E-state index is 13.4. The lowest BCUT2D eigenvalue weighted by molar-refractivity contribution is 0.0497. The average Bonchev–Trinajstić information content (AvgIpc) is 3.30. The predicted octanol–water partition coefficient (Wildman–Crippen LogP) is 3.50. The molecule has 0 unspecified atom stereocenters. The van der Waals surface area contributed by atoms with Crippen LogP contribution in [-0.2, 0) is 14.6 Å². The van der Waals surface area contributed by atoms with Crippen molar-refractivity contribution >= 4 is 27.5 Å². The minimum atomic E-state index is -3.78. The second-order valence-corrected chi connectivity index (χ2v) is 10.7. The van der Waals surface area contributed by atoms with Crippen LogP contribution in [0.1, 0.15) is 32.3 Å². The summed E-state index contributed by atoms with van der Waals surface area (Å²) < 4.78 is 32.2. The zero-order valence-corrected chi connectivity index (χ0v) is 18.1. The number of alkyl carbamates (subject to hydrolysis) is 1. The van der Waals surface area contributed by atoms with Gasteiger partial charge in [-0.25, -0.2) is 13.2 Å². The fraction of sp³-hybridized carbons (Fsp3) is 0.381. The van der Waals surface area contributed by atoms with E-state index in [1.54, 1.807) is 63.2 Å². The molecule has 6 nitrogen and oxygen atoms in total. The molecule has 8 heteroatoms. The number of rotatable bonds is 5. The molecule has 0 spiro atoms. The molecule has 3 N–H and O–H groups in total. The predicted molar refractivity (Wildman–Crippen MR) is 113 cm³/mol. The highest BCUT2D eigenvalue weighted by atomic mass is 35.5. The molecule has 0 radical (unpaired) electrons. The quantitative estimate of drug-likeness (QED) is 0.747. The Labute approximate surface area is 176 Å². The number of ether oxygens (including phenoxy) is 1. The van der Waals surface area contributed by atoms with Gasteiger partial charge in [-0.1, -0.05) is 41.9 Å². The van der Waals surface area contributed by atoms with Crippen LogP contribution in [0.4, 0.5) is 4.79 Å². The van der Waals surface area contributed by atoms with Crippen LogP contribution in [0, 0.1) is 0 Å². The summed E-state index contributed by atoms with van der Waals surface area (Å²) in [5.41, 5.74) is 4.82. The Balaban J connectivity index is 2.04. The molecule has 3 atom stereocenters. The van der Waals surface area contributed by atoms with Crippen LogP contribution in [0.15, 0.2) is 59.5 Å². The Kier molecular flexibility index (Phi) is 5.69. The lowest BCUT2D eigenvalue weighted by atomic mass is 10.1. The maximum Gasteiger partial charge on any atom is 0.408 e. The lowest BCUT2D eigenvalue weighted by Crippen LogP contribution is -2.49. The van der Waals surface area contributed by atoms with E-state index in [1.807, 2.05) is 0 Å². The van der Waals surface area contributed by atoms with Crippen LogP contribution < -0.4 is 11.1 Å². The summed E-state index contributed by atoms with van der Waals surface area (Å²) in [6.45, 7) is 5.14. The van der Waals surface area contributed by atoms with E-state index < -0.39 is 38.2 Å². The van der Waals surface area contributed by atoms with Gasteiger partial charge in [0.05, 0.1) is 10.4 Å². The third-order valence-electron chi connectivity index (χ3n) is 4.94. The van der Waals surface area contributed by atoms with Gasteiger partial charge >= 0.3 is 6.09 Å². The van der Waals surface area contributed by atoms with Crippen molar-refractivity contribution in [3.05, 3.63) is 65.2 Å². The first-order valence-corrected chi connectivity index (χ1v) is 11.2. The summed E-state index contributed by atoms with van der Waals surface area (Å²) in [5, 5.41) is 2.30. The Hall–Kier alpha value is -2.09. The van der Waals surface area contributed by atoms with Crippen molar-refractivity contribution in [2.45, 2.75) is 48.0 Å². The number of sulfone groups is 1. The molecule has 29 heavy (non-hydrogen) atoms. The molecule has 2 aromatic rings. The van der Waals surface area contributed by atoms with Gasteiger partial charge in [0.25, 0.3) is 0 Å². The number of nitrogens with one attached hydrogen (secondary N) is 1. The number of carbonyl (C=O) groups excluding carboxylic acids is 1. The highest BCUT2D eigenvalue weighted by molar-refractivity contribution is 7.92. The van der Waals surface area contributed by atoms with Crippen molar-refractivity contribution in [2.75, 3.05) is 6.54 Å². The molecule has 0 heterocycles. The topological polar surface area (TPSA) is 98.5 Å². The van der Waals surface area contributed by atoms with Gasteiger partial charge in [0.2, 0.25) is 0 Å². The summed E-state index contributed by atoms with van der Waals surface area (Å²) in [6.07, 6.45) is -0.708. The van der Waals surface area contributed by atoms with E-state index in [2.05, 4.69) is 5.32 Å². The molecular formula is C21H25ClN2O4S. The Morgan fingerprint density at radius 2 is 1.83 bits per heavy atom. The molecule has 0 bridgehead atoms. The van der Waals surface area contributed by atoms with Crippen molar-refractivity contribution in [2.24, 2.45) is 5.73 Å². The van der Waals surface area contributed by atoms with Crippen LogP contribution >= 0.6 is 11.6 Å². The Morgan fingerprint density at radius 1 is 1.17 bits per heavy atom. The molecule has 0 saturated heterocycles. The number of benzene rings is 2. The minimum absolute atomic E-state index is 0.0693. The van der Waals surface area contributed by atoms with Crippen LogP contribution in [0.25, 0.3) is 0 Å². The summed E-state index contributed by atoms with van der Waals surface area (Å²) in [5.74, 6) is -0.552. The van der Waals surface area contributed by atoms with Gasteiger partial charge in [0.1, 0.15) is 10.9 Å². The van der Waals surface area contributed by atoms with Crippen molar-refractivity contribution in [3.63, 3.8) is 0 Å². The van der Waals surface area contributed by atoms with E-state index in [0.717, 1.165) is 0 Å². The molecule has 3 rings (SSSR count). The molecule has 1 aliphatic rings. The summed E-state index contributed by atoms with van der Waals surface area (Å²) in [7, 11) is -3.78. The van der Waals surface area contributed by atoms with E-state index in [9.17, 15) is 13.2 Å². The second kappa shape index (κ2) is 7.63. The fourth-order valence-corrected chi connectivity index (χ4v) is 6.29. The SMILES string of the molecule is CC(C)(C)OC(=O)N[C@@]1(CN)[C@H](c2cccc(Cl)c2)[C@@H]1S(=O)(=O)c1ccccc1. The number of amides is 1. The van der Waals surface area contributed by atoms with Crippen molar-refractivity contribution in [1.29, 1.82) is 0 Å². The summed E-state index contributed by atoms with van der Waals surface area (Å²) >= 11 is 6.13. The zero-order valence-electron chi connectivity index (χ0n) is 16.6. The fourth-order valence-electron chi connectivity index (χ4n) is 3.73. The van der Waals surface area contributed by atoms with E-state index in [-0.39, 0.29) is 11.4 Å². The molecule has 156 valence electrons. The number of hydrogen-bond acceptors (Lipinski definition) is 5. The van der Waals surface area contributed by atoms with Crippen LogP contribution in [-0.4, -0.2) is 37.4 Å². The third-order valence-corrected chi connectivity index (χ3v) is 7.47. The highest BCUT2D eigenvalue weighted by Gasteiger charge is 2.71. The Morgan fingerprint density at radius 3 is 2.38 bits per heavy atom. The van der Waals surface area contributed by atoms with Gasteiger partial charge in [-0.05, 0) is 50.6 Å². The number of halogens is 1. The molecular weight excluding hydrogens is 412 g/mol. The molecule has 1 amide bonds. The van der Waals surface area contributed by atoms with Crippen LogP contribution in [0.2, 0.25) is 5.02 Å². The third kappa shape index (κ3) is 4.27. The monoisotopic (exact) mass is 436 g/mol. The average molecular weight is 437 g/mol. The first-order chi connectivity index (χ1) is 13.5. The summed E-state index contributed by atoms with van der Waals surface area (Å²) in [4.78, 5) is 12.7.